The van der Waals surface area contributed by atoms with E-state index in [1.807, 2.05) is 0 Å². The molecule has 4 atom stereocenters. The van der Waals surface area contributed by atoms with Gasteiger partial charge in [-0.2, -0.15) is 0 Å². The Hall–Kier alpha value is -0.910. The summed E-state index contributed by atoms with van der Waals surface area (Å²) in [6, 6.07) is 8.51. The van der Waals surface area contributed by atoms with Crippen LogP contribution >= 0.6 is 0 Å². The lowest BCUT2D eigenvalue weighted by Crippen LogP contribution is -2.37. The highest BCUT2D eigenvalue weighted by molar-refractivity contribution is 7.93. The number of hydrogen-bond donors (Lipinski definition) is 0. The largest absolute Gasteiger partial charge is 0.368 e. The van der Waals surface area contributed by atoms with Gasteiger partial charge in [-0.25, -0.2) is 8.42 Å². The van der Waals surface area contributed by atoms with E-state index in [0.717, 1.165) is 12.8 Å². The number of sulfone groups is 1. The van der Waals surface area contributed by atoms with E-state index in [9.17, 15) is 8.42 Å². The van der Waals surface area contributed by atoms with Crippen molar-refractivity contribution in [2.24, 2.45) is 0 Å². The molecule has 0 amide bonds. The van der Waals surface area contributed by atoms with Crippen molar-refractivity contribution in [3.8, 4) is 0 Å². The first kappa shape index (κ1) is 10.1. The number of epoxide rings is 1. The van der Waals surface area contributed by atoms with Crippen LogP contribution in [-0.2, 0) is 19.3 Å². The van der Waals surface area contributed by atoms with Crippen molar-refractivity contribution in [3.05, 3.63) is 30.3 Å². The molecule has 4 nitrogen and oxygen atoms in total. The van der Waals surface area contributed by atoms with Gasteiger partial charge >= 0.3 is 0 Å². The summed E-state index contributed by atoms with van der Waals surface area (Å²) in [6.45, 7) is 0. The van der Waals surface area contributed by atoms with Crippen LogP contribution in [0.4, 0.5) is 0 Å². The number of hydrogen-bond acceptors (Lipinski definition) is 4. The molecule has 3 saturated heterocycles. The van der Waals surface area contributed by atoms with E-state index in [-0.39, 0.29) is 18.3 Å². The zero-order valence-electron chi connectivity index (χ0n) is 9.07. The first-order chi connectivity index (χ1) is 8.16. The monoisotopic (exact) mass is 252 g/mol. The minimum absolute atomic E-state index is 0.0153. The van der Waals surface area contributed by atoms with Gasteiger partial charge in [0.15, 0.2) is 0 Å². The lowest BCUT2D eigenvalue weighted by molar-refractivity contribution is 0.0128. The maximum atomic E-state index is 12.6. The van der Waals surface area contributed by atoms with E-state index >= 15 is 0 Å². The number of benzene rings is 1. The maximum Gasteiger partial charge on any atom is 0.228 e. The first-order valence-corrected chi connectivity index (χ1v) is 7.27. The Kier molecular flexibility index (Phi) is 1.72. The Bertz CT molecular complexity index is 567. The number of rotatable bonds is 2. The van der Waals surface area contributed by atoms with E-state index in [0.29, 0.717) is 4.90 Å². The molecule has 0 aliphatic carbocycles. The molecule has 90 valence electrons. The van der Waals surface area contributed by atoms with Gasteiger partial charge in [0.25, 0.3) is 0 Å². The van der Waals surface area contributed by atoms with E-state index in [2.05, 4.69) is 0 Å². The Balaban J connectivity index is 1.82. The van der Waals surface area contributed by atoms with Crippen LogP contribution in [0.1, 0.15) is 12.8 Å². The van der Waals surface area contributed by atoms with Gasteiger partial charge in [0.1, 0.15) is 12.2 Å². The van der Waals surface area contributed by atoms with Crippen LogP contribution < -0.4 is 0 Å². The van der Waals surface area contributed by atoms with Crippen molar-refractivity contribution >= 4 is 9.84 Å². The van der Waals surface area contributed by atoms with Crippen LogP contribution in [0.25, 0.3) is 0 Å². The molecule has 0 unspecified atom stereocenters. The quantitative estimate of drug-likeness (QED) is 0.740. The van der Waals surface area contributed by atoms with E-state index in [1.165, 1.54) is 0 Å². The van der Waals surface area contributed by atoms with Gasteiger partial charge in [0.2, 0.25) is 14.8 Å². The smallest absolute Gasteiger partial charge is 0.228 e. The van der Waals surface area contributed by atoms with Crippen LogP contribution in [0.3, 0.4) is 0 Å². The SMILES string of the molecule is O=S(=O)(c1ccccc1)[C@]12O[C@H]1[C@@H]1CC[C@H]2O1. The zero-order chi connectivity index (χ0) is 11.7. The van der Waals surface area contributed by atoms with Crippen molar-refractivity contribution in [1.29, 1.82) is 0 Å². The van der Waals surface area contributed by atoms with Crippen molar-refractivity contribution < 1.29 is 17.9 Å². The minimum Gasteiger partial charge on any atom is -0.368 e. The highest BCUT2D eigenvalue weighted by Gasteiger charge is 2.80. The molecule has 17 heavy (non-hydrogen) atoms. The normalized spacial score (nSPS) is 42.5. The van der Waals surface area contributed by atoms with Crippen molar-refractivity contribution in [2.75, 3.05) is 0 Å². The predicted molar refractivity (Wildman–Crippen MR) is 59.1 cm³/mol. The maximum absolute atomic E-state index is 12.6. The van der Waals surface area contributed by atoms with Gasteiger partial charge in [-0.3, -0.25) is 0 Å². The van der Waals surface area contributed by atoms with Gasteiger partial charge < -0.3 is 9.47 Å². The van der Waals surface area contributed by atoms with Crippen molar-refractivity contribution in [2.45, 2.75) is 41.0 Å². The molecule has 3 heterocycles. The molecule has 1 aromatic carbocycles. The third kappa shape index (κ3) is 1.03. The van der Waals surface area contributed by atoms with Gasteiger partial charge in [0.05, 0.1) is 11.0 Å². The van der Waals surface area contributed by atoms with Gasteiger partial charge in [-0.15, -0.1) is 0 Å². The molecule has 5 heteroatoms. The number of ether oxygens (including phenoxy) is 2. The molecule has 3 fully saturated rings. The summed E-state index contributed by atoms with van der Waals surface area (Å²) in [5.41, 5.74) is 0. The van der Waals surface area contributed by atoms with Gasteiger partial charge in [-0.05, 0) is 25.0 Å². The predicted octanol–water partition coefficient (Wildman–Crippen LogP) is 1.12. The molecule has 0 saturated carbocycles. The minimum atomic E-state index is -3.44. The molecule has 2 bridgehead atoms. The van der Waals surface area contributed by atoms with E-state index < -0.39 is 14.8 Å². The number of fused-ring (bicyclic) bond motifs is 5. The van der Waals surface area contributed by atoms with E-state index in [1.54, 1.807) is 30.3 Å². The van der Waals surface area contributed by atoms with Crippen LogP contribution in [0.2, 0.25) is 0 Å². The van der Waals surface area contributed by atoms with Crippen LogP contribution in [0.15, 0.2) is 35.2 Å². The molecular formula is C12H12O4S. The molecule has 0 spiro atoms. The summed E-state index contributed by atoms with van der Waals surface area (Å²) in [5, 5.41) is 0. The molecular weight excluding hydrogens is 240 g/mol. The molecule has 3 aliphatic heterocycles. The fraction of sp³-hybridized carbons (Fsp3) is 0.500. The fourth-order valence-corrected chi connectivity index (χ4v) is 5.20. The van der Waals surface area contributed by atoms with Gasteiger partial charge in [-0.1, -0.05) is 18.2 Å². The van der Waals surface area contributed by atoms with Crippen LogP contribution in [0, 0.1) is 0 Å². The van der Waals surface area contributed by atoms with Crippen molar-refractivity contribution in [1.82, 2.24) is 0 Å². The van der Waals surface area contributed by atoms with E-state index in [4.69, 9.17) is 9.47 Å². The summed E-state index contributed by atoms with van der Waals surface area (Å²) in [5.74, 6) is 0. The molecule has 3 aliphatic rings. The van der Waals surface area contributed by atoms with Crippen LogP contribution in [-0.4, -0.2) is 31.7 Å². The third-order valence-corrected chi connectivity index (χ3v) is 6.29. The summed E-state index contributed by atoms with van der Waals surface area (Å²) < 4.78 is 36.3. The summed E-state index contributed by atoms with van der Waals surface area (Å²) in [6.07, 6.45) is 1.17. The second kappa shape index (κ2) is 2.91. The third-order valence-electron chi connectivity index (χ3n) is 3.96. The van der Waals surface area contributed by atoms with Gasteiger partial charge in [0, 0.05) is 0 Å². The topological polar surface area (TPSA) is 55.9 Å². The fourth-order valence-electron chi connectivity index (χ4n) is 3.11. The average molecular weight is 252 g/mol. The first-order valence-electron chi connectivity index (χ1n) is 5.79. The molecule has 1 aromatic rings. The molecule has 4 rings (SSSR count). The van der Waals surface area contributed by atoms with Crippen molar-refractivity contribution in [3.63, 3.8) is 0 Å². The Morgan fingerprint density at radius 3 is 2.59 bits per heavy atom. The lowest BCUT2D eigenvalue weighted by atomic mass is 10.0. The second-order valence-electron chi connectivity index (χ2n) is 4.82. The highest BCUT2D eigenvalue weighted by atomic mass is 32.2. The summed E-state index contributed by atoms with van der Waals surface area (Å²) in [4.78, 5) is -0.740. The zero-order valence-corrected chi connectivity index (χ0v) is 9.89. The Labute approximate surface area is 99.5 Å². The van der Waals surface area contributed by atoms with Crippen LogP contribution in [0.5, 0.6) is 0 Å². The summed E-state index contributed by atoms with van der Waals surface area (Å²) >= 11 is 0. The average Bonchev–Trinajstić information content (AvgIpc) is 2.88. The standard InChI is InChI=1S/C12H12O4S/c13-17(14,8-4-2-1-3-5-8)12-10-7-6-9(15-10)11(12)16-12/h1-5,9-11H,6-7H2/t9-,10+,11-,12-/m0/s1. The molecule has 0 aromatic heterocycles. The second-order valence-corrected chi connectivity index (χ2v) is 6.93. The molecule has 0 radical (unpaired) electrons. The summed E-state index contributed by atoms with van der Waals surface area (Å²) in [7, 11) is -3.44. The lowest BCUT2D eigenvalue weighted by Gasteiger charge is -2.17. The molecule has 0 N–H and O–H groups in total. The Morgan fingerprint density at radius 2 is 1.94 bits per heavy atom. The highest BCUT2D eigenvalue weighted by Crippen LogP contribution is 2.61. The Morgan fingerprint density at radius 1 is 1.18 bits per heavy atom.